The van der Waals surface area contributed by atoms with Gasteiger partial charge in [0.1, 0.15) is 0 Å². The van der Waals surface area contributed by atoms with E-state index >= 15 is 0 Å². The summed E-state index contributed by atoms with van der Waals surface area (Å²) in [6, 6.07) is 10.9. The van der Waals surface area contributed by atoms with E-state index in [1.165, 1.54) is 0 Å². The molecule has 24 heavy (non-hydrogen) atoms. The van der Waals surface area contributed by atoms with Gasteiger partial charge in [-0.25, -0.2) is 0 Å². The van der Waals surface area contributed by atoms with Crippen LogP contribution in [0, 0.1) is 0 Å². The van der Waals surface area contributed by atoms with Crippen LogP contribution in [-0.2, 0) is 16.1 Å². The Hall–Kier alpha value is -2.40. The molecule has 2 rings (SSSR count). The second kappa shape index (κ2) is 9.03. The number of aromatic nitrogens is 1. The molecule has 2 N–H and O–H groups in total. The van der Waals surface area contributed by atoms with Gasteiger partial charge in [-0.3, -0.25) is 14.6 Å². The van der Waals surface area contributed by atoms with Gasteiger partial charge in [0, 0.05) is 36.9 Å². The van der Waals surface area contributed by atoms with Crippen molar-refractivity contribution in [2.75, 3.05) is 6.54 Å². The van der Waals surface area contributed by atoms with E-state index in [4.69, 9.17) is 11.6 Å². The van der Waals surface area contributed by atoms with Gasteiger partial charge in [0.15, 0.2) is 0 Å². The molecule has 0 spiro atoms. The van der Waals surface area contributed by atoms with Crippen LogP contribution in [0.2, 0.25) is 5.02 Å². The predicted molar refractivity (Wildman–Crippen MR) is 93.6 cm³/mol. The van der Waals surface area contributed by atoms with Gasteiger partial charge in [0.25, 0.3) is 0 Å². The minimum absolute atomic E-state index is 0.116. The normalized spacial score (nSPS) is 11.6. The van der Waals surface area contributed by atoms with Crippen LogP contribution in [0.5, 0.6) is 0 Å². The first-order valence-corrected chi connectivity index (χ1v) is 8.13. The maximum absolute atomic E-state index is 12.1. The van der Waals surface area contributed by atoms with Gasteiger partial charge < -0.3 is 10.6 Å². The molecule has 1 atom stereocenters. The van der Waals surface area contributed by atoms with Crippen molar-refractivity contribution in [1.29, 1.82) is 0 Å². The molecular weight excluding hydrogens is 326 g/mol. The molecule has 0 saturated carbocycles. The molecule has 0 bridgehead atoms. The third-order valence-electron chi connectivity index (χ3n) is 3.61. The van der Waals surface area contributed by atoms with Gasteiger partial charge in [-0.2, -0.15) is 0 Å². The van der Waals surface area contributed by atoms with Gasteiger partial charge >= 0.3 is 0 Å². The Morgan fingerprint density at radius 3 is 2.75 bits per heavy atom. The summed E-state index contributed by atoms with van der Waals surface area (Å²) in [5.74, 6) is -0.561. The Morgan fingerprint density at radius 1 is 1.21 bits per heavy atom. The Labute approximate surface area is 146 Å². The minimum Gasteiger partial charge on any atom is -0.355 e. The van der Waals surface area contributed by atoms with Crippen LogP contribution < -0.4 is 10.6 Å². The van der Waals surface area contributed by atoms with Crippen molar-refractivity contribution in [3.05, 3.63) is 64.9 Å². The second-order valence-electron chi connectivity index (χ2n) is 5.46. The molecule has 1 heterocycles. The maximum Gasteiger partial charge on any atom is 0.227 e. The number of amides is 2. The lowest BCUT2D eigenvalue weighted by Crippen LogP contribution is -2.32. The quantitative estimate of drug-likeness (QED) is 0.810. The largest absolute Gasteiger partial charge is 0.355 e. The molecule has 0 aliphatic rings. The van der Waals surface area contributed by atoms with E-state index in [-0.39, 0.29) is 24.2 Å². The van der Waals surface area contributed by atoms with E-state index in [1.54, 1.807) is 24.5 Å². The number of carbonyl (C=O) groups excluding carboxylic acids is 2. The molecule has 1 aromatic carbocycles. The van der Waals surface area contributed by atoms with Crippen LogP contribution in [0.4, 0.5) is 0 Å². The molecule has 0 radical (unpaired) electrons. The minimum atomic E-state index is -0.317. The molecule has 0 fully saturated rings. The van der Waals surface area contributed by atoms with E-state index in [0.717, 1.165) is 11.1 Å². The lowest BCUT2D eigenvalue weighted by Gasteiger charge is -2.13. The van der Waals surface area contributed by atoms with E-state index in [9.17, 15) is 9.59 Å². The average Bonchev–Trinajstić information content (AvgIpc) is 2.60. The molecule has 126 valence electrons. The van der Waals surface area contributed by atoms with Crippen molar-refractivity contribution in [1.82, 2.24) is 15.6 Å². The fourth-order valence-electron chi connectivity index (χ4n) is 2.17. The lowest BCUT2D eigenvalue weighted by molar-refractivity contribution is -0.123. The summed E-state index contributed by atoms with van der Waals surface area (Å²) in [5.41, 5.74) is 1.78. The predicted octanol–water partition coefficient (Wildman–Crippen LogP) is 2.66. The fourth-order valence-corrected chi connectivity index (χ4v) is 2.37. The van der Waals surface area contributed by atoms with Crippen molar-refractivity contribution >= 4 is 23.4 Å². The first kappa shape index (κ1) is 17.9. The van der Waals surface area contributed by atoms with Gasteiger partial charge in [-0.15, -0.1) is 0 Å². The summed E-state index contributed by atoms with van der Waals surface area (Å²) in [7, 11) is 0. The van der Waals surface area contributed by atoms with E-state index in [1.807, 2.05) is 31.2 Å². The zero-order valence-corrected chi connectivity index (χ0v) is 14.2. The number of pyridine rings is 1. The van der Waals surface area contributed by atoms with Crippen LogP contribution >= 0.6 is 11.6 Å². The number of benzene rings is 1. The molecule has 2 aromatic rings. The number of rotatable bonds is 7. The highest BCUT2D eigenvalue weighted by Gasteiger charge is 2.15. The lowest BCUT2D eigenvalue weighted by atomic mass is 10.0. The number of nitrogens with one attached hydrogen (secondary N) is 2. The van der Waals surface area contributed by atoms with Crippen LogP contribution in [0.1, 0.15) is 30.4 Å². The zero-order valence-electron chi connectivity index (χ0n) is 13.5. The summed E-state index contributed by atoms with van der Waals surface area (Å²) >= 11 is 5.94. The molecule has 6 heteroatoms. The highest BCUT2D eigenvalue weighted by atomic mass is 35.5. The molecular formula is C18H20ClN3O2. The third-order valence-corrected chi connectivity index (χ3v) is 3.84. The Morgan fingerprint density at radius 2 is 2.04 bits per heavy atom. The summed E-state index contributed by atoms with van der Waals surface area (Å²) in [6.07, 6.45) is 3.62. The smallest absolute Gasteiger partial charge is 0.227 e. The van der Waals surface area contributed by atoms with Crippen LogP contribution in [-0.4, -0.2) is 23.3 Å². The van der Waals surface area contributed by atoms with E-state index in [2.05, 4.69) is 15.6 Å². The van der Waals surface area contributed by atoms with Crippen LogP contribution in [0.15, 0.2) is 48.8 Å². The van der Waals surface area contributed by atoms with Crippen molar-refractivity contribution in [2.24, 2.45) is 0 Å². The van der Waals surface area contributed by atoms with Crippen LogP contribution in [0.3, 0.4) is 0 Å². The van der Waals surface area contributed by atoms with Gasteiger partial charge in [-0.05, 0) is 36.2 Å². The number of hydrogen-bond donors (Lipinski definition) is 2. The van der Waals surface area contributed by atoms with Crippen molar-refractivity contribution in [2.45, 2.75) is 25.8 Å². The van der Waals surface area contributed by atoms with Crippen LogP contribution in [0.25, 0.3) is 0 Å². The van der Waals surface area contributed by atoms with E-state index in [0.29, 0.717) is 18.1 Å². The number of halogens is 1. The summed E-state index contributed by atoms with van der Waals surface area (Å²) < 4.78 is 0. The zero-order chi connectivity index (χ0) is 17.4. The molecule has 0 unspecified atom stereocenters. The maximum atomic E-state index is 12.1. The molecule has 0 saturated heterocycles. The SMILES string of the molecule is C[C@@H](C(=O)NCCC(=O)NCc1cccnc1)c1cccc(Cl)c1. The standard InChI is InChI=1S/C18H20ClN3O2/c1-13(15-5-2-6-16(19)10-15)18(24)21-9-7-17(23)22-12-14-4-3-8-20-11-14/h2-6,8,10-11,13H,7,9,12H2,1H3,(H,21,24)(H,22,23)/t13-/m1/s1. The van der Waals surface area contributed by atoms with Gasteiger partial charge in [0.05, 0.1) is 5.92 Å². The summed E-state index contributed by atoms with van der Waals surface area (Å²) in [5, 5.41) is 6.17. The molecule has 0 aliphatic heterocycles. The van der Waals surface area contributed by atoms with Crippen molar-refractivity contribution in [3.8, 4) is 0 Å². The number of carbonyl (C=O) groups is 2. The Balaban J connectivity index is 1.71. The molecule has 5 nitrogen and oxygen atoms in total. The van der Waals surface area contributed by atoms with Gasteiger partial charge in [-0.1, -0.05) is 29.8 Å². The molecule has 2 amide bonds. The number of hydrogen-bond acceptors (Lipinski definition) is 3. The van der Waals surface area contributed by atoms with Gasteiger partial charge in [0.2, 0.25) is 11.8 Å². The van der Waals surface area contributed by atoms with Crippen molar-refractivity contribution < 1.29 is 9.59 Å². The monoisotopic (exact) mass is 345 g/mol. The topological polar surface area (TPSA) is 71.1 Å². The third kappa shape index (κ3) is 5.66. The Kier molecular flexibility index (Phi) is 6.75. The second-order valence-corrected chi connectivity index (χ2v) is 5.89. The van der Waals surface area contributed by atoms with Crippen molar-refractivity contribution in [3.63, 3.8) is 0 Å². The highest BCUT2D eigenvalue weighted by molar-refractivity contribution is 6.30. The summed E-state index contributed by atoms with van der Waals surface area (Å²) in [6.45, 7) is 2.53. The highest BCUT2D eigenvalue weighted by Crippen LogP contribution is 2.19. The first-order chi connectivity index (χ1) is 11.6. The van der Waals surface area contributed by atoms with E-state index < -0.39 is 0 Å². The number of nitrogens with zero attached hydrogens (tertiary/aromatic N) is 1. The molecule has 0 aliphatic carbocycles. The average molecular weight is 346 g/mol. The summed E-state index contributed by atoms with van der Waals surface area (Å²) in [4.78, 5) is 27.9. The fraction of sp³-hybridized carbons (Fsp3) is 0.278. The first-order valence-electron chi connectivity index (χ1n) is 7.75. The molecule has 1 aromatic heterocycles. The Bertz CT molecular complexity index is 692.